The van der Waals surface area contributed by atoms with Gasteiger partial charge in [0.15, 0.2) is 0 Å². The summed E-state index contributed by atoms with van der Waals surface area (Å²) in [6, 6.07) is 11.9. The van der Waals surface area contributed by atoms with Crippen LogP contribution in [-0.2, 0) is 16.0 Å². The summed E-state index contributed by atoms with van der Waals surface area (Å²) in [4.78, 5) is 30.1. The molecular weight excluding hydrogens is 292 g/mol. The molecule has 1 aromatic heterocycles. The van der Waals surface area contributed by atoms with Gasteiger partial charge < -0.3 is 5.32 Å². The zero-order valence-corrected chi connectivity index (χ0v) is 12.5. The van der Waals surface area contributed by atoms with Gasteiger partial charge in [0.25, 0.3) is 0 Å². The molecule has 1 atom stereocenters. The van der Waals surface area contributed by atoms with E-state index in [9.17, 15) is 9.59 Å². The highest BCUT2D eigenvalue weighted by Crippen LogP contribution is 2.32. The number of para-hydroxylation sites is 1. The number of benzene rings is 1. The zero-order valence-electron chi connectivity index (χ0n) is 12.5. The van der Waals surface area contributed by atoms with Crippen LogP contribution in [0.3, 0.4) is 0 Å². The zero-order chi connectivity index (χ0) is 16.4. The maximum absolute atomic E-state index is 12.6. The molecule has 6 nitrogen and oxygen atoms in total. The molecule has 0 fully saturated rings. The first-order chi connectivity index (χ1) is 11.1. The number of carbonyl (C=O) groups is 2. The molecule has 0 saturated heterocycles. The monoisotopic (exact) mass is 306 g/mol. The second kappa shape index (κ2) is 5.89. The molecule has 23 heavy (non-hydrogen) atoms. The van der Waals surface area contributed by atoms with Gasteiger partial charge >= 0.3 is 0 Å². The largest absolute Gasteiger partial charge is 0.309 e. The summed E-state index contributed by atoms with van der Waals surface area (Å²) in [5.41, 5.74) is 2.13. The molecule has 0 saturated carbocycles. The summed E-state index contributed by atoms with van der Waals surface area (Å²) in [6.07, 6.45) is 1.92. The van der Waals surface area contributed by atoms with Crippen molar-refractivity contribution in [1.82, 2.24) is 4.98 Å². The molecule has 3 rings (SSSR count). The number of nitrogens with zero attached hydrogens (tertiary/aromatic N) is 3. The third-order valence-electron chi connectivity index (χ3n) is 3.76. The van der Waals surface area contributed by atoms with Crippen LogP contribution in [0.4, 0.5) is 11.5 Å². The van der Waals surface area contributed by atoms with Gasteiger partial charge in [-0.15, -0.1) is 0 Å². The maximum Gasteiger partial charge on any atom is 0.249 e. The molecule has 2 aromatic rings. The van der Waals surface area contributed by atoms with Gasteiger partial charge in [-0.05, 0) is 23.8 Å². The second-order valence-electron chi connectivity index (χ2n) is 5.27. The molecular formula is C17H14N4O2. The van der Waals surface area contributed by atoms with Crippen molar-refractivity contribution < 1.29 is 9.59 Å². The second-order valence-corrected chi connectivity index (χ2v) is 5.27. The molecule has 2 amide bonds. The van der Waals surface area contributed by atoms with Gasteiger partial charge in [-0.3, -0.25) is 14.5 Å². The fraction of sp³-hybridized carbons (Fsp3) is 0.176. The van der Waals surface area contributed by atoms with Crippen LogP contribution >= 0.6 is 0 Å². The topological polar surface area (TPSA) is 86.1 Å². The van der Waals surface area contributed by atoms with Gasteiger partial charge in [0.1, 0.15) is 11.9 Å². The molecule has 1 aromatic carbocycles. The van der Waals surface area contributed by atoms with Crippen LogP contribution in [0.2, 0.25) is 0 Å². The number of amides is 2. The number of nitrogens with one attached hydrogen (secondary N) is 1. The van der Waals surface area contributed by atoms with Gasteiger partial charge in [0.2, 0.25) is 11.8 Å². The molecule has 0 unspecified atom stereocenters. The molecule has 2 heterocycles. The summed E-state index contributed by atoms with van der Waals surface area (Å²) < 4.78 is 0. The standard InChI is InChI=1S/C17H14N4O2/c1-11(22)21-14-5-3-2-4-13(14)9-15(21)17(23)20-16-8-12(10-18)6-7-19-16/h2-8,15H,9H2,1H3,(H,19,20,23)/t15-/m0/s1. The Morgan fingerprint density at radius 2 is 2.13 bits per heavy atom. The Bertz CT molecular complexity index is 825. The number of carbonyl (C=O) groups excluding carboxylic acids is 2. The highest BCUT2D eigenvalue weighted by molar-refractivity contribution is 6.06. The van der Waals surface area contributed by atoms with E-state index in [-0.39, 0.29) is 11.8 Å². The fourth-order valence-corrected chi connectivity index (χ4v) is 2.76. The van der Waals surface area contributed by atoms with Crippen LogP contribution in [0.25, 0.3) is 0 Å². The summed E-state index contributed by atoms with van der Waals surface area (Å²) in [5.74, 6) is -0.207. The van der Waals surface area contributed by atoms with Crippen LogP contribution in [0, 0.1) is 11.3 Å². The SMILES string of the molecule is CC(=O)N1c2ccccc2C[C@H]1C(=O)Nc1cc(C#N)ccn1. The smallest absolute Gasteiger partial charge is 0.249 e. The molecule has 0 spiro atoms. The Kier molecular flexibility index (Phi) is 3.77. The van der Waals surface area contributed by atoms with E-state index >= 15 is 0 Å². The number of fused-ring (bicyclic) bond motifs is 1. The summed E-state index contributed by atoms with van der Waals surface area (Å²) in [6.45, 7) is 1.44. The van der Waals surface area contributed by atoms with Crippen LogP contribution < -0.4 is 10.2 Å². The Hall–Kier alpha value is -3.20. The first kappa shape index (κ1) is 14.7. The Morgan fingerprint density at radius 1 is 1.35 bits per heavy atom. The molecule has 1 aliphatic heterocycles. The van der Waals surface area contributed by atoms with E-state index in [4.69, 9.17) is 5.26 Å². The van der Waals surface area contributed by atoms with E-state index in [0.29, 0.717) is 17.8 Å². The van der Waals surface area contributed by atoms with Gasteiger partial charge in [0.05, 0.1) is 11.6 Å². The van der Waals surface area contributed by atoms with E-state index in [1.807, 2.05) is 30.3 Å². The Labute approximate surface area is 133 Å². The van der Waals surface area contributed by atoms with E-state index in [1.165, 1.54) is 24.1 Å². The molecule has 1 N–H and O–H groups in total. The minimum absolute atomic E-state index is 0.186. The maximum atomic E-state index is 12.6. The fourth-order valence-electron chi connectivity index (χ4n) is 2.76. The third kappa shape index (κ3) is 2.77. The van der Waals surface area contributed by atoms with Crippen molar-refractivity contribution in [2.45, 2.75) is 19.4 Å². The molecule has 6 heteroatoms. The Morgan fingerprint density at radius 3 is 2.87 bits per heavy atom. The normalized spacial score (nSPS) is 15.7. The Balaban J connectivity index is 1.85. The van der Waals surface area contributed by atoms with Gasteiger partial charge in [-0.1, -0.05) is 18.2 Å². The van der Waals surface area contributed by atoms with E-state index in [0.717, 1.165) is 11.3 Å². The summed E-state index contributed by atoms with van der Waals surface area (Å²) >= 11 is 0. The molecule has 0 bridgehead atoms. The number of aromatic nitrogens is 1. The summed E-state index contributed by atoms with van der Waals surface area (Å²) in [7, 11) is 0. The van der Waals surface area contributed by atoms with Crippen molar-refractivity contribution in [3.63, 3.8) is 0 Å². The number of pyridine rings is 1. The lowest BCUT2D eigenvalue weighted by atomic mass is 10.1. The highest BCUT2D eigenvalue weighted by atomic mass is 16.2. The van der Waals surface area contributed by atoms with Crippen molar-refractivity contribution in [2.24, 2.45) is 0 Å². The average molecular weight is 306 g/mol. The van der Waals surface area contributed by atoms with Gasteiger partial charge in [-0.2, -0.15) is 5.26 Å². The van der Waals surface area contributed by atoms with E-state index in [1.54, 1.807) is 6.07 Å². The number of anilines is 2. The lowest BCUT2D eigenvalue weighted by molar-refractivity contribution is -0.122. The van der Waals surface area contributed by atoms with Gasteiger partial charge in [-0.25, -0.2) is 4.98 Å². The average Bonchev–Trinajstić information content (AvgIpc) is 2.95. The predicted octanol–water partition coefficient (Wildman–Crippen LogP) is 1.87. The van der Waals surface area contributed by atoms with Crippen LogP contribution in [0.5, 0.6) is 0 Å². The number of hydrogen-bond donors (Lipinski definition) is 1. The first-order valence-electron chi connectivity index (χ1n) is 7.15. The lowest BCUT2D eigenvalue weighted by Crippen LogP contribution is -2.44. The highest BCUT2D eigenvalue weighted by Gasteiger charge is 2.36. The van der Waals surface area contributed by atoms with Crippen molar-refractivity contribution >= 4 is 23.3 Å². The van der Waals surface area contributed by atoms with Crippen LogP contribution in [0.15, 0.2) is 42.6 Å². The minimum Gasteiger partial charge on any atom is -0.309 e. The van der Waals surface area contributed by atoms with Crippen molar-refractivity contribution in [3.05, 3.63) is 53.7 Å². The quantitative estimate of drug-likeness (QED) is 0.917. The predicted molar refractivity (Wildman–Crippen MR) is 84.7 cm³/mol. The molecule has 0 radical (unpaired) electrons. The van der Waals surface area contributed by atoms with Gasteiger partial charge in [0, 0.05) is 25.2 Å². The molecule has 1 aliphatic rings. The first-order valence-corrected chi connectivity index (χ1v) is 7.15. The summed E-state index contributed by atoms with van der Waals surface area (Å²) in [5, 5.41) is 11.6. The van der Waals surface area contributed by atoms with Crippen LogP contribution in [-0.4, -0.2) is 22.8 Å². The number of hydrogen-bond acceptors (Lipinski definition) is 4. The number of rotatable bonds is 2. The van der Waals surface area contributed by atoms with E-state index in [2.05, 4.69) is 10.3 Å². The third-order valence-corrected chi connectivity index (χ3v) is 3.76. The minimum atomic E-state index is -0.613. The van der Waals surface area contributed by atoms with Crippen LogP contribution in [0.1, 0.15) is 18.1 Å². The van der Waals surface area contributed by atoms with E-state index < -0.39 is 6.04 Å². The van der Waals surface area contributed by atoms with Crippen molar-refractivity contribution in [1.29, 1.82) is 5.26 Å². The van der Waals surface area contributed by atoms with Crippen molar-refractivity contribution in [2.75, 3.05) is 10.2 Å². The lowest BCUT2D eigenvalue weighted by Gasteiger charge is -2.23. The molecule has 0 aliphatic carbocycles. The molecule has 114 valence electrons. The number of nitriles is 1. The van der Waals surface area contributed by atoms with Crippen molar-refractivity contribution in [3.8, 4) is 6.07 Å².